The molecule has 0 fully saturated rings. The van der Waals surface area contributed by atoms with Crippen molar-refractivity contribution in [3.05, 3.63) is 59.7 Å². The molecule has 2 aromatic rings. The van der Waals surface area contributed by atoms with Crippen molar-refractivity contribution >= 4 is 18.0 Å². The Kier molecular flexibility index (Phi) is 7.64. The molecule has 0 aliphatic heterocycles. The van der Waals surface area contributed by atoms with Crippen LogP contribution in [0.5, 0.6) is 0 Å². The van der Waals surface area contributed by atoms with Crippen LogP contribution in [0.25, 0.3) is 11.1 Å². The number of fused-ring (bicyclic) bond motifs is 3. The Bertz CT molecular complexity index is 1010. The Morgan fingerprint density at radius 1 is 0.941 bits per heavy atom. The minimum atomic E-state index is -0.990. The number of amides is 2. The van der Waals surface area contributed by atoms with E-state index >= 15 is 0 Å². The molecule has 2 atom stereocenters. The predicted octanol–water partition coefficient (Wildman–Crippen LogP) is 4.56. The maximum atomic E-state index is 13.0. The van der Waals surface area contributed by atoms with Crippen molar-refractivity contribution in [2.24, 2.45) is 11.3 Å². The van der Waals surface area contributed by atoms with Crippen LogP contribution in [0.2, 0.25) is 0 Å². The lowest BCUT2D eigenvalue weighted by Crippen LogP contribution is -2.56. The molecule has 0 saturated heterocycles. The van der Waals surface area contributed by atoms with Gasteiger partial charge in [-0.15, -0.1) is 0 Å². The molecule has 182 valence electrons. The molecule has 0 aromatic heterocycles. The zero-order valence-corrected chi connectivity index (χ0v) is 20.4. The fourth-order valence-corrected chi connectivity index (χ4v) is 4.34. The molecule has 0 saturated carbocycles. The largest absolute Gasteiger partial charge is 0.481 e. The van der Waals surface area contributed by atoms with Crippen molar-refractivity contribution in [3.8, 4) is 11.1 Å². The van der Waals surface area contributed by atoms with Crippen LogP contribution in [0, 0.1) is 11.3 Å². The summed E-state index contributed by atoms with van der Waals surface area (Å²) in [7, 11) is 0. The van der Waals surface area contributed by atoms with Crippen molar-refractivity contribution in [1.29, 1.82) is 0 Å². The van der Waals surface area contributed by atoms with Gasteiger partial charge < -0.3 is 20.5 Å². The van der Waals surface area contributed by atoms with Gasteiger partial charge in [-0.25, -0.2) is 4.79 Å². The highest BCUT2D eigenvalue weighted by molar-refractivity contribution is 5.87. The summed E-state index contributed by atoms with van der Waals surface area (Å²) < 4.78 is 5.61. The maximum Gasteiger partial charge on any atom is 0.407 e. The molecule has 1 aliphatic rings. The van der Waals surface area contributed by atoms with Gasteiger partial charge in [0.25, 0.3) is 0 Å². The first-order chi connectivity index (χ1) is 16.0. The second kappa shape index (κ2) is 10.3. The number of nitrogens with one attached hydrogen (secondary N) is 2. The minimum absolute atomic E-state index is 0.0740. The second-order valence-electron chi connectivity index (χ2n) is 10.2. The molecule has 1 aliphatic carbocycles. The van der Waals surface area contributed by atoms with Crippen LogP contribution >= 0.6 is 0 Å². The molecule has 0 unspecified atom stereocenters. The lowest BCUT2D eigenvalue weighted by atomic mass is 9.85. The number of aliphatic carboxylic acids is 1. The summed E-state index contributed by atoms with van der Waals surface area (Å²) >= 11 is 0. The van der Waals surface area contributed by atoms with E-state index in [1.807, 2.05) is 71.0 Å². The van der Waals surface area contributed by atoms with E-state index in [-0.39, 0.29) is 24.9 Å². The van der Waals surface area contributed by atoms with Gasteiger partial charge in [0.05, 0.1) is 6.42 Å². The van der Waals surface area contributed by atoms with Crippen LogP contribution < -0.4 is 10.6 Å². The van der Waals surface area contributed by atoms with Crippen LogP contribution in [0.4, 0.5) is 4.79 Å². The lowest BCUT2D eigenvalue weighted by Gasteiger charge is -2.32. The molecule has 0 heterocycles. The van der Waals surface area contributed by atoms with Crippen LogP contribution in [0.15, 0.2) is 48.5 Å². The number of carbonyl (C=O) groups excluding carboxylic acids is 2. The van der Waals surface area contributed by atoms with E-state index in [1.165, 1.54) is 0 Å². The van der Waals surface area contributed by atoms with E-state index in [0.717, 1.165) is 22.3 Å². The summed E-state index contributed by atoms with van der Waals surface area (Å²) in [5.41, 5.74) is 3.87. The van der Waals surface area contributed by atoms with Crippen LogP contribution in [0.1, 0.15) is 58.1 Å². The summed E-state index contributed by atoms with van der Waals surface area (Å²) in [5.74, 6) is -1.58. The monoisotopic (exact) mass is 466 g/mol. The highest BCUT2D eigenvalue weighted by atomic mass is 16.5. The molecule has 7 heteroatoms. The molecule has 7 nitrogen and oxygen atoms in total. The molecule has 3 N–H and O–H groups in total. The molecule has 3 rings (SSSR count). The number of hydrogen-bond acceptors (Lipinski definition) is 4. The zero-order valence-electron chi connectivity index (χ0n) is 20.4. The van der Waals surface area contributed by atoms with E-state index in [0.29, 0.717) is 0 Å². The van der Waals surface area contributed by atoms with Gasteiger partial charge in [0.1, 0.15) is 12.6 Å². The summed E-state index contributed by atoms with van der Waals surface area (Å²) in [5, 5.41) is 14.7. The van der Waals surface area contributed by atoms with E-state index in [1.54, 1.807) is 0 Å². The molecule has 0 bridgehead atoms. The smallest absolute Gasteiger partial charge is 0.407 e. The Morgan fingerprint density at radius 3 is 1.94 bits per heavy atom. The molecule has 2 aromatic carbocycles. The molecular formula is C27H34N2O5. The van der Waals surface area contributed by atoms with Crippen LogP contribution in [-0.2, 0) is 14.3 Å². The summed E-state index contributed by atoms with van der Waals surface area (Å²) in [6.07, 6.45) is -0.873. The molecular weight excluding hydrogens is 432 g/mol. The fourth-order valence-electron chi connectivity index (χ4n) is 4.34. The van der Waals surface area contributed by atoms with E-state index < -0.39 is 35.5 Å². The highest BCUT2D eigenvalue weighted by Crippen LogP contribution is 2.44. The third-order valence-electron chi connectivity index (χ3n) is 6.26. The van der Waals surface area contributed by atoms with Gasteiger partial charge in [-0.2, -0.15) is 0 Å². The Balaban J connectivity index is 1.69. The first-order valence-corrected chi connectivity index (χ1v) is 11.6. The first-order valence-electron chi connectivity index (χ1n) is 11.6. The summed E-state index contributed by atoms with van der Waals surface area (Å²) in [6.45, 7) is 9.34. The Morgan fingerprint density at radius 2 is 1.47 bits per heavy atom. The van der Waals surface area contributed by atoms with Gasteiger partial charge in [-0.3, -0.25) is 9.59 Å². The standard InChI is InChI=1S/C27H34N2O5/c1-16(2)22(14-23(30)31)28-25(32)24(27(3,4)5)29-26(33)34-15-21-19-12-8-6-10-17(19)18-11-7-9-13-20(18)21/h6-13,16,21-22,24H,14-15H2,1-5H3,(H,28,32)(H,29,33)(H,30,31)/t22-,24+/m0/s1. The normalized spacial score (nSPS) is 14.6. The van der Waals surface area contributed by atoms with Gasteiger partial charge in [0, 0.05) is 12.0 Å². The first kappa shape index (κ1) is 25.3. The number of benzene rings is 2. The highest BCUT2D eigenvalue weighted by Gasteiger charge is 2.36. The average molecular weight is 467 g/mol. The number of carbonyl (C=O) groups is 3. The van der Waals surface area contributed by atoms with Crippen molar-refractivity contribution in [2.45, 2.75) is 59.0 Å². The Hall–Kier alpha value is -3.35. The van der Waals surface area contributed by atoms with E-state index in [4.69, 9.17) is 9.84 Å². The zero-order chi connectivity index (χ0) is 25.0. The number of carboxylic acids is 1. The number of carboxylic acid groups (broad SMARTS) is 1. The van der Waals surface area contributed by atoms with Gasteiger partial charge in [-0.1, -0.05) is 83.1 Å². The third-order valence-corrected chi connectivity index (χ3v) is 6.26. The molecule has 34 heavy (non-hydrogen) atoms. The molecule has 0 spiro atoms. The predicted molar refractivity (Wildman–Crippen MR) is 130 cm³/mol. The van der Waals surface area contributed by atoms with Crippen molar-refractivity contribution in [1.82, 2.24) is 10.6 Å². The number of hydrogen-bond donors (Lipinski definition) is 3. The average Bonchev–Trinajstić information content (AvgIpc) is 3.08. The molecule has 2 amide bonds. The van der Waals surface area contributed by atoms with Gasteiger partial charge in [0.2, 0.25) is 5.91 Å². The SMILES string of the molecule is CC(C)[C@H](CC(=O)O)NC(=O)[C@@H](NC(=O)OCC1c2ccccc2-c2ccccc21)C(C)(C)C. The van der Waals surface area contributed by atoms with Crippen LogP contribution in [-0.4, -0.2) is 41.8 Å². The lowest BCUT2D eigenvalue weighted by molar-refractivity contribution is -0.138. The van der Waals surface area contributed by atoms with Gasteiger partial charge in [0.15, 0.2) is 0 Å². The van der Waals surface area contributed by atoms with E-state index in [2.05, 4.69) is 22.8 Å². The second-order valence-corrected chi connectivity index (χ2v) is 10.2. The maximum absolute atomic E-state index is 13.0. The van der Waals surface area contributed by atoms with Crippen molar-refractivity contribution < 1.29 is 24.2 Å². The van der Waals surface area contributed by atoms with Gasteiger partial charge in [-0.05, 0) is 33.6 Å². The Labute approximate surface area is 200 Å². The quantitative estimate of drug-likeness (QED) is 0.529. The van der Waals surface area contributed by atoms with Crippen molar-refractivity contribution in [2.75, 3.05) is 6.61 Å². The van der Waals surface area contributed by atoms with Crippen LogP contribution in [0.3, 0.4) is 0 Å². The topological polar surface area (TPSA) is 105 Å². The van der Waals surface area contributed by atoms with E-state index in [9.17, 15) is 14.4 Å². The third kappa shape index (κ3) is 5.76. The minimum Gasteiger partial charge on any atom is -0.481 e. The number of rotatable bonds is 8. The summed E-state index contributed by atoms with van der Waals surface area (Å²) in [6, 6.07) is 14.7. The summed E-state index contributed by atoms with van der Waals surface area (Å²) in [4.78, 5) is 37.0. The molecule has 0 radical (unpaired) electrons. The number of ether oxygens (including phenoxy) is 1. The fraction of sp³-hybridized carbons (Fsp3) is 0.444. The number of alkyl carbamates (subject to hydrolysis) is 1. The van der Waals surface area contributed by atoms with Crippen molar-refractivity contribution in [3.63, 3.8) is 0 Å². The van der Waals surface area contributed by atoms with Gasteiger partial charge >= 0.3 is 12.1 Å².